The second-order valence-corrected chi connectivity index (χ2v) is 10.1. The van der Waals surface area contributed by atoms with Gasteiger partial charge in [-0.1, -0.05) is 0 Å². The van der Waals surface area contributed by atoms with E-state index >= 15 is 4.39 Å². The number of halogens is 1. The zero-order chi connectivity index (χ0) is 28.7. The van der Waals surface area contributed by atoms with Crippen molar-refractivity contribution in [2.75, 3.05) is 18.4 Å². The van der Waals surface area contributed by atoms with Crippen LogP contribution in [0.2, 0.25) is 0 Å². The number of aromatic hydroxyl groups is 2. The van der Waals surface area contributed by atoms with E-state index in [1.165, 1.54) is 17.0 Å². The number of fused-ring (bicyclic) bond motifs is 1. The molecule has 1 atom stereocenters. The number of rotatable bonds is 6. The Morgan fingerprint density at radius 3 is 2.52 bits per heavy atom. The predicted molar refractivity (Wildman–Crippen MR) is 139 cm³/mol. The van der Waals surface area contributed by atoms with Crippen molar-refractivity contribution in [3.63, 3.8) is 0 Å². The van der Waals surface area contributed by atoms with E-state index in [-0.39, 0.29) is 52.7 Å². The Labute approximate surface area is 225 Å². The summed E-state index contributed by atoms with van der Waals surface area (Å²) in [6.45, 7) is 0.451. The molecule has 2 fully saturated rings. The molecule has 212 valence electrons. The Morgan fingerprint density at radius 2 is 1.82 bits per heavy atom. The topological polar surface area (TPSA) is 186 Å². The van der Waals surface area contributed by atoms with Crippen molar-refractivity contribution in [1.82, 2.24) is 19.4 Å². The molecule has 0 bridgehead atoms. The Morgan fingerprint density at radius 1 is 1.07 bits per heavy atom. The molecule has 1 aromatic heterocycles. The van der Waals surface area contributed by atoms with E-state index in [2.05, 4.69) is 10.6 Å². The fourth-order valence-corrected chi connectivity index (χ4v) is 4.88. The summed E-state index contributed by atoms with van der Waals surface area (Å²) in [4.78, 5) is 52.9. The lowest BCUT2D eigenvalue weighted by Crippen LogP contribution is -2.50. The van der Waals surface area contributed by atoms with Crippen LogP contribution >= 0.6 is 0 Å². The van der Waals surface area contributed by atoms with Crippen molar-refractivity contribution < 1.29 is 34.4 Å². The van der Waals surface area contributed by atoms with Gasteiger partial charge < -0.3 is 36.0 Å². The first-order valence-corrected chi connectivity index (χ1v) is 12.8. The van der Waals surface area contributed by atoms with Crippen LogP contribution in [0.1, 0.15) is 42.5 Å². The minimum atomic E-state index is -2.32. The number of carbonyl (C=O) groups is 2. The highest BCUT2D eigenvalue weighted by Crippen LogP contribution is 2.30. The second kappa shape index (κ2) is 10.6. The summed E-state index contributed by atoms with van der Waals surface area (Å²) in [5, 5.41) is 44.1. The van der Waals surface area contributed by atoms with Gasteiger partial charge in [-0.3, -0.25) is 14.2 Å². The molecule has 0 unspecified atom stereocenters. The van der Waals surface area contributed by atoms with Gasteiger partial charge in [-0.05, 0) is 55.9 Å². The molecule has 1 aliphatic heterocycles. The normalized spacial score (nSPS) is 17.3. The zero-order valence-electron chi connectivity index (χ0n) is 21.2. The van der Waals surface area contributed by atoms with E-state index in [1.807, 2.05) is 0 Å². The number of carbonyl (C=O) groups excluding carboxylic acids is 2. The molecule has 0 radical (unpaired) electrons. The van der Waals surface area contributed by atoms with Crippen molar-refractivity contribution in [3.8, 4) is 11.5 Å². The summed E-state index contributed by atoms with van der Waals surface area (Å²) >= 11 is 0. The molecule has 1 aliphatic carbocycles. The molecule has 2 heterocycles. The van der Waals surface area contributed by atoms with Gasteiger partial charge in [-0.15, -0.1) is 0 Å². The second-order valence-electron chi connectivity index (χ2n) is 10.1. The average molecular weight is 558 g/mol. The fourth-order valence-electron chi connectivity index (χ4n) is 4.88. The SMILES string of the molecule is O=C(N[C@@H]1CCCN(C(=O)Nc2cc3c(=O)n(CC4CC4)c(=O)n(C(O)O)c3cc2F)C1)c1cc(O)ccc1O. The number of piperidine rings is 1. The molecule has 2 aromatic carbocycles. The largest absolute Gasteiger partial charge is 0.508 e. The van der Waals surface area contributed by atoms with Crippen LogP contribution in [-0.4, -0.2) is 65.5 Å². The summed E-state index contributed by atoms with van der Waals surface area (Å²) < 4.78 is 16.4. The van der Waals surface area contributed by atoms with Crippen molar-refractivity contribution in [2.45, 2.75) is 44.7 Å². The van der Waals surface area contributed by atoms with Crippen LogP contribution in [0.5, 0.6) is 11.5 Å². The van der Waals surface area contributed by atoms with Gasteiger partial charge in [-0.2, -0.15) is 0 Å². The van der Waals surface area contributed by atoms with E-state index < -0.39 is 41.5 Å². The van der Waals surface area contributed by atoms with Gasteiger partial charge >= 0.3 is 11.7 Å². The summed E-state index contributed by atoms with van der Waals surface area (Å²) in [5.74, 6) is -2.05. The lowest BCUT2D eigenvalue weighted by Gasteiger charge is -2.33. The number of urea groups is 1. The molecule has 2 aliphatic rings. The number of aromatic nitrogens is 2. The molecular weight excluding hydrogens is 529 g/mol. The van der Waals surface area contributed by atoms with Gasteiger partial charge in [-0.25, -0.2) is 18.5 Å². The Kier molecular flexibility index (Phi) is 7.21. The van der Waals surface area contributed by atoms with Gasteiger partial charge in [0.05, 0.1) is 22.2 Å². The third kappa shape index (κ3) is 5.35. The molecule has 5 rings (SSSR count). The average Bonchev–Trinajstić information content (AvgIpc) is 3.73. The number of aliphatic hydroxyl groups excluding tert-OH is 1. The van der Waals surface area contributed by atoms with E-state index in [9.17, 15) is 39.6 Å². The number of phenolic OH excluding ortho intramolecular Hbond substituents is 2. The molecule has 40 heavy (non-hydrogen) atoms. The van der Waals surface area contributed by atoms with Gasteiger partial charge in [0.1, 0.15) is 17.3 Å². The maximum atomic E-state index is 15.1. The molecule has 6 N–H and O–H groups in total. The first-order chi connectivity index (χ1) is 19.0. The summed E-state index contributed by atoms with van der Waals surface area (Å²) in [6, 6.07) is 4.18. The third-order valence-corrected chi connectivity index (χ3v) is 7.14. The Hall–Kier alpha value is -4.43. The van der Waals surface area contributed by atoms with Crippen molar-refractivity contribution in [1.29, 1.82) is 0 Å². The van der Waals surface area contributed by atoms with E-state index in [4.69, 9.17) is 0 Å². The first kappa shape index (κ1) is 27.1. The van der Waals surface area contributed by atoms with Gasteiger partial charge in [0.15, 0.2) is 0 Å². The highest BCUT2D eigenvalue weighted by Gasteiger charge is 2.28. The Bertz CT molecular complexity index is 1610. The Balaban J connectivity index is 1.36. The molecular formula is C26H28FN5O8. The number of aliphatic hydroxyl groups is 2. The predicted octanol–water partition coefficient (Wildman–Crippen LogP) is 0.990. The lowest BCUT2D eigenvalue weighted by molar-refractivity contribution is -0.102. The van der Waals surface area contributed by atoms with Crippen molar-refractivity contribution in [3.05, 3.63) is 62.6 Å². The number of likely N-dealkylation sites (tertiary alicyclic amines) is 1. The molecule has 0 spiro atoms. The fraction of sp³-hybridized carbons (Fsp3) is 0.385. The molecule has 14 heteroatoms. The highest BCUT2D eigenvalue weighted by molar-refractivity contribution is 5.97. The number of phenols is 2. The number of amides is 3. The van der Waals surface area contributed by atoms with Gasteiger partial charge in [0.2, 0.25) is 6.41 Å². The number of nitrogens with one attached hydrogen (secondary N) is 2. The maximum absolute atomic E-state index is 15.1. The van der Waals surface area contributed by atoms with Crippen LogP contribution in [0.15, 0.2) is 39.9 Å². The minimum absolute atomic E-state index is 0.0663. The summed E-state index contributed by atoms with van der Waals surface area (Å²) in [6.07, 6.45) is 0.367. The van der Waals surface area contributed by atoms with Crippen LogP contribution in [0, 0.1) is 11.7 Å². The van der Waals surface area contributed by atoms with Crippen LogP contribution in [0.3, 0.4) is 0 Å². The highest BCUT2D eigenvalue weighted by atomic mass is 19.1. The number of nitrogens with zero attached hydrogens (tertiary/aromatic N) is 3. The van der Waals surface area contributed by atoms with E-state index in [1.54, 1.807) is 0 Å². The molecule has 13 nitrogen and oxygen atoms in total. The van der Waals surface area contributed by atoms with E-state index in [0.717, 1.165) is 35.6 Å². The molecule has 1 saturated carbocycles. The lowest BCUT2D eigenvalue weighted by atomic mass is 10.0. The zero-order valence-corrected chi connectivity index (χ0v) is 21.2. The number of anilines is 1. The standard InChI is InChI=1S/C26H28FN5O8/c27-18-10-20-16(23(36)31(11-13-3-4-13)25(38)32(20)26(39)40)9-19(18)29-24(37)30-7-1-2-14(12-30)28-22(35)17-8-15(33)5-6-21(17)34/h5-6,8-10,13-14,26,33-34,39-40H,1-4,7,11-12H2,(H,28,35)(H,29,37)/t14-/m1/s1. The number of hydrogen-bond acceptors (Lipinski definition) is 8. The van der Waals surface area contributed by atoms with Crippen molar-refractivity contribution >= 4 is 28.5 Å². The summed E-state index contributed by atoms with van der Waals surface area (Å²) in [7, 11) is 0. The number of hydrogen-bond donors (Lipinski definition) is 6. The molecule has 1 saturated heterocycles. The minimum Gasteiger partial charge on any atom is -0.508 e. The van der Waals surface area contributed by atoms with Gasteiger partial charge in [0, 0.05) is 31.7 Å². The molecule has 3 amide bonds. The first-order valence-electron chi connectivity index (χ1n) is 12.8. The monoisotopic (exact) mass is 557 g/mol. The van der Waals surface area contributed by atoms with Crippen LogP contribution in [0.4, 0.5) is 14.9 Å². The van der Waals surface area contributed by atoms with E-state index in [0.29, 0.717) is 24.0 Å². The quantitative estimate of drug-likeness (QED) is 0.191. The molecule has 3 aromatic rings. The smallest absolute Gasteiger partial charge is 0.335 e. The maximum Gasteiger partial charge on any atom is 0.335 e. The van der Waals surface area contributed by atoms with Crippen LogP contribution < -0.4 is 21.9 Å². The van der Waals surface area contributed by atoms with Crippen LogP contribution in [-0.2, 0) is 6.54 Å². The van der Waals surface area contributed by atoms with Crippen molar-refractivity contribution in [2.24, 2.45) is 5.92 Å². The van der Waals surface area contributed by atoms with Gasteiger partial charge in [0.25, 0.3) is 11.5 Å². The third-order valence-electron chi connectivity index (χ3n) is 7.14. The van der Waals surface area contributed by atoms with Crippen LogP contribution in [0.25, 0.3) is 10.9 Å². The number of benzene rings is 2. The summed E-state index contributed by atoms with van der Waals surface area (Å²) in [5.41, 5.74) is -2.52.